The highest BCUT2D eigenvalue weighted by atomic mass is 35.5. The molecular formula is C20H16ClNO4S. The van der Waals surface area contributed by atoms with E-state index < -0.39 is 11.1 Å². The average Bonchev–Trinajstić information content (AvgIpc) is 2.90. The molecule has 0 N–H and O–H groups in total. The number of hydrogen-bond donors (Lipinski definition) is 0. The largest absolute Gasteiger partial charge is 0.494 e. The van der Waals surface area contributed by atoms with Crippen LogP contribution in [-0.2, 0) is 4.79 Å². The molecule has 3 rings (SSSR count). The van der Waals surface area contributed by atoms with E-state index >= 15 is 0 Å². The maximum Gasteiger partial charge on any atom is 0.293 e. The summed E-state index contributed by atoms with van der Waals surface area (Å²) in [5, 5.41) is 0.0458. The summed E-state index contributed by atoms with van der Waals surface area (Å²) < 4.78 is 5.44. The van der Waals surface area contributed by atoms with E-state index in [-0.39, 0.29) is 17.2 Å². The smallest absolute Gasteiger partial charge is 0.293 e. The normalized spacial score (nSPS) is 15.5. The second-order valence-electron chi connectivity index (χ2n) is 5.70. The van der Waals surface area contributed by atoms with Crippen molar-refractivity contribution < 1.29 is 19.1 Å². The van der Waals surface area contributed by atoms with Crippen molar-refractivity contribution in [3.05, 3.63) is 69.6 Å². The Hall–Kier alpha value is -2.57. The van der Waals surface area contributed by atoms with Gasteiger partial charge >= 0.3 is 0 Å². The molecule has 0 radical (unpaired) electrons. The number of ketones is 1. The van der Waals surface area contributed by atoms with Crippen molar-refractivity contribution in [2.75, 3.05) is 13.2 Å². The Balaban J connectivity index is 1.75. The molecule has 0 aromatic heterocycles. The van der Waals surface area contributed by atoms with Crippen molar-refractivity contribution in [2.24, 2.45) is 0 Å². The highest BCUT2D eigenvalue weighted by Gasteiger charge is 2.36. The molecule has 7 heteroatoms. The third-order valence-electron chi connectivity index (χ3n) is 3.81. The third kappa shape index (κ3) is 4.59. The van der Waals surface area contributed by atoms with Gasteiger partial charge in [-0.15, -0.1) is 0 Å². The first-order valence-corrected chi connectivity index (χ1v) is 9.44. The maximum absolute atomic E-state index is 12.6. The van der Waals surface area contributed by atoms with Gasteiger partial charge in [0.15, 0.2) is 5.78 Å². The van der Waals surface area contributed by atoms with Gasteiger partial charge in [0.2, 0.25) is 0 Å². The van der Waals surface area contributed by atoms with Gasteiger partial charge in [-0.2, -0.15) is 0 Å². The Morgan fingerprint density at radius 2 is 1.93 bits per heavy atom. The Kier molecular flexibility index (Phi) is 5.98. The molecular weight excluding hydrogens is 386 g/mol. The van der Waals surface area contributed by atoms with Crippen molar-refractivity contribution in [3.63, 3.8) is 0 Å². The van der Waals surface area contributed by atoms with Crippen LogP contribution in [0.2, 0.25) is 5.02 Å². The fraction of sp³-hybridized carbons (Fsp3) is 0.150. The topological polar surface area (TPSA) is 63.7 Å². The summed E-state index contributed by atoms with van der Waals surface area (Å²) in [6.07, 6.45) is 1.63. The van der Waals surface area contributed by atoms with Crippen LogP contribution < -0.4 is 4.74 Å². The highest BCUT2D eigenvalue weighted by molar-refractivity contribution is 8.18. The molecule has 0 atom stereocenters. The minimum atomic E-state index is -0.478. The lowest BCUT2D eigenvalue weighted by atomic mass is 10.1. The second-order valence-corrected chi connectivity index (χ2v) is 7.13. The molecule has 0 aliphatic carbocycles. The number of carbonyl (C=O) groups excluding carboxylic acids is 3. The fourth-order valence-corrected chi connectivity index (χ4v) is 3.48. The van der Waals surface area contributed by atoms with Crippen LogP contribution in [0.3, 0.4) is 0 Å². The SMILES string of the molecule is CCOc1cccc(/C=C2\SC(=O)N(CC(=O)c3ccc(Cl)cc3)C2=O)c1. The van der Waals surface area contributed by atoms with Crippen LogP contribution in [0, 0.1) is 0 Å². The predicted octanol–water partition coefficient (Wildman–Crippen LogP) is 4.66. The van der Waals surface area contributed by atoms with Crippen LogP contribution >= 0.6 is 23.4 Å². The number of rotatable bonds is 6. The molecule has 5 nitrogen and oxygen atoms in total. The Morgan fingerprint density at radius 3 is 2.63 bits per heavy atom. The van der Waals surface area contributed by atoms with Crippen molar-refractivity contribution in [1.29, 1.82) is 0 Å². The fourth-order valence-electron chi connectivity index (χ4n) is 2.52. The van der Waals surface area contributed by atoms with Gasteiger partial charge in [-0.25, -0.2) is 0 Å². The van der Waals surface area contributed by atoms with Gasteiger partial charge in [0.05, 0.1) is 18.1 Å². The van der Waals surface area contributed by atoms with E-state index in [1.807, 2.05) is 25.1 Å². The van der Waals surface area contributed by atoms with Gasteiger partial charge in [0.1, 0.15) is 5.75 Å². The lowest BCUT2D eigenvalue weighted by Gasteiger charge is -2.11. The second kappa shape index (κ2) is 8.41. The summed E-state index contributed by atoms with van der Waals surface area (Å²) in [6, 6.07) is 13.5. The van der Waals surface area contributed by atoms with Gasteiger partial charge in [-0.3, -0.25) is 19.3 Å². The first-order chi connectivity index (χ1) is 13.0. The van der Waals surface area contributed by atoms with E-state index in [0.29, 0.717) is 22.9 Å². The zero-order valence-corrected chi connectivity index (χ0v) is 16.0. The summed E-state index contributed by atoms with van der Waals surface area (Å²) in [5.74, 6) is -0.119. The average molecular weight is 402 g/mol. The first kappa shape index (κ1) is 19.2. The molecule has 1 aliphatic rings. The molecule has 1 aliphatic heterocycles. The molecule has 0 spiro atoms. The van der Waals surface area contributed by atoms with Crippen molar-refractivity contribution >= 4 is 46.4 Å². The number of imide groups is 1. The molecule has 2 aromatic rings. The molecule has 0 unspecified atom stereocenters. The molecule has 2 aromatic carbocycles. The number of ether oxygens (including phenoxy) is 1. The predicted molar refractivity (Wildman–Crippen MR) is 106 cm³/mol. The Morgan fingerprint density at radius 1 is 1.19 bits per heavy atom. The number of Topliss-reactive ketones (excluding diaryl/α,β-unsaturated/α-hetero) is 1. The van der Waals surface area contributed by atoms with Crippen LogP contribution in [0.4, 0.5) is 4.79 Å². The highest BCUT2D eigenvalue weighted by Crippen LogP contribution is 2.32. The molecule has 27 heavy (non-hydrogen) atoms. The molecule has 0 saturated carbocycles. The minimum absolute atomic E-state index is 0.276. The van der Waals surface area contributed by atoms with Crippen LogP contribution in [0.25, 0.3) is 6.08 Å². The van der Waals surface area contributed by atoms with Gasteiger partial charge in [0.25, 0.3) is 11.1 Å². The monoisotopic (exact) mass is 401 g/mol. The Labute approximate surface area is 165 Å². The quantitative estimate of drug-likeness (QED) is 0.520. The minimum Gasteiger partial charge on any atom is -0.494 e. The summed E-state index contributed by atoms with van der Waals surface area (Å²) in [6.45, 7) is 2.12. The van der Waals surface area contributed by atoms with Crippen molar-refractivity contribution in [1.82, 2.24) is 4.90 Å². The summed E-state index contributed by atoms with van der Waals surface area (Å²) in [5.41, 5.74) is 1.14. The van der Waals surface area contributed by atoms with Gasteiger partial charge in [-0.05, 0) is 66.7 Å². The number of hydrogen-bond acceptors (Lipinski definition) is 5. The maximum atomic E-state index is 12.6. The van der Waals surface area contributed by atoms with E-state index in [4.69, 9.17) is 16.3 Å². The van der Waals surface area contributed by atoms with E-state index in [1.54, 1.807) is 36.4 Å². The van der Waals surface area contributed by atoms with Gasteiger partial charge < -0.3 is 4.74 Å². The number of benzene rings is 2. The molecule has 1 fully saturated rings. The lowest BCUT2D eigenvalue weighted by Crippen LogP contribution is -2.33. The number of halogens is 1. The van der Waals surface area contributed by atoms with Crippen LogP contribution in [0.5, 0.6) is 5.75 Å². The summed E-state index contributed by atoms with van der Waals surface area (Å²) in [7, 11) is 0. The number of carbonyl (C=O) groups is 3. The van der Waals surface area contributed by atoms with E-state index in [1.165, 1.54) is 0 Å². The Bertz CT molecular complexity index is 924. The molecule has 1 saturated heterocycles. The standard InChI is InChI=1S/C20H16ClNO4S/c1-2-26-16-5-3-4-13(10-16)11-18-19(24)22(20(25)27-18)12-17(23)14-6-8-15(21)9-7-14/h3-11H,2,12H2,1H3/b18-11-. The van der Waals surface area contributed by atoms with Gasteiger partial charge in [-0.1, -0.05) is 23.7 Å². The zero-order valence-electron chi connectivity index (χ0n) is 14.5. The summed E-state index contributed by atoms with van der Waals surface area (Å²) >= 11 is 6.63. The van der Waals surface area contributed by atoms with Crippen molar-refractivity contribution in [3.8, 4) is 5.75 Å². The molecule has 1 heterocycles. The molecule has 2 amide bonds. The van der Waals surface area contributed by atoms with E-state index in [0.717, 1.165) is 22.2 Å². The first-order valence-electron chi connectivity index (χ1n) is 8.25. The van der Waals surface area contributed by atoms with Crippen LogP contribution in [-0.4, -0.2) is 35.0 Å². The van der Waals surface area contributed by atoms with E-state index in [2.05, 4.69) is 0 Å². The molecule has 138 valence electrons. The van der Waals surface area contributed by atoms with Crippen LogP contribution in [0.15, 0.2) is 53.4 Å². The van der Waals surface area contributed by atoms with E-state index in [9.17, 15) is 14.4 Å². The van der Waals surface area contributed by atoms with Crippen LogP contribution in [0.1, 0.15) is 22.8 Å². The third-order valence-corrected chi connectivity index (χ3v) is 4.97. The zero-order chi connectivity index (χ0) is 19.4. The number of thioether (sulfide) groups is 1. The van der Waals surface area contributed by atoms with Gasteiger partial charge in [0, 0.05) is 10.6 Å². The molecule has 0 bridgehead atoms. The number of amides is 2. The number of nitrogens with zero attached hydrogens (tertiary/aromatic N) is 1. The van der Waals surface area contributed by atoms with Crippen molar-refractivity contribution in [2.45, 2.75) is 6.92 Å². The summed E-state index contributed by atoms with van der Waals surface area (Å²) in [4.78, 5) is 38.4. The lowest BCUT2D eigenvalue weighted by molar-refractivity contribution is -0.122.